The van der Waals surface area contributed by atoms with Crippen LogP contribution in [0, 0.1) is 5.82 Å². The molecule has 0 amide bonds. The Balaban J connectivity index is 2.00. The molecule has 0 atom stereocenters. The highest BCUT2D eigenvalue weighted by molar-refractivity contribution is 5.53. The van der Waals surface area contributed by atoms with Crippen LogP contribution in [-0.2, 0) is 0 Å². The number of H-pyrrole nitrogens is 1. The van der Waals surface area contributed by atoms with Crippen LogP contribution in [0.25, 0.3) is 5.65 Å². The second kappa shape index (κ2) is 4.09. The number of aromatic amines is 1. The van der Waals surface area contributed by atoms with Gasteiger partial charge in [0, 0.05) is 12.1 Å². The van der Waals surface area contributed by atoms with Crippen molar-refractivity contribution in [3.05, 3.63) is 46.6 Å². The molecule has 0 unspecified atom stereocenters. The van der Waals surface area contributed by atoms with Crippen molar-refractivity contribution in [3.8, 4) is 11.6 Å². The predicted molar refractivity (Wildman–Crippen MR) is 64.5 cm³/mol. The molecule has 0 aliphatic heterocycles. The molecule has 0 spiro atoms. The van der Waals surface area contributed by atoms with Crippen LogP contribution in [0.5, 0.6) is 11.6 Å². The van der Waals surface area contributed by atoms with Gasteiger partial charge < -0.3 is 10.5 Å². The number of hydrogen-bond acceptors (Lipinski definition) is 5. The Bertz CT molecular complexity index is 810. The topological polar surface area (TPSA) is 98.3 Å². The van der Waals surface area contributed by atoms with Crippen molar-refractivity contribution in [2.24, 2.45) is 0 Å². The Hall–Kier alpha value is -2.90. The highest BCUT2D eigenvalue weighted by Gasteiger charge is 2.07. The number of fused-ring (bicyclic) bond motifs is 1. The fourth-order valence-corrected chi connectivity index (χ4v) is 1.57. The van der Waals surface area contributed by atoms with Gasteiger partial charge in [0.15, 0.2) is 11.4 Å². The van der Waals surface area contributed by atoms with Crippen LogP contribution >= 0.6 is 0 Å². The predicted octanol–water partition coefficient (Wildman–Crippen LogP) is 0.931. The second-order valence-corrected chi connectivity index (χ2v) is 3.75. The molecule has 0 aliphatic carbocycles. The summed E-state index contributed by atoms with van der Waals surface area (Å²) in [5.74, 6) is -0.0570. The molecule has 3 aromatic rings. The van der Waals surface area contributed by atoms with Gasteiger partial charge in [0.25, 0.3) is 0 Å². The number of benzene rings is 1. The molecular weight excluding hydrogens is 253 g/mol. The van der Waals surface area contributed by atoms with Crippen molar-refractivity contribution in [2.45, 2.75) is 0 Å². The minimum absolute atomic E-state index is 0.140. The highest BCUT2D eigenvalue weighted by Crippen LogP contribution is 2.26. The second-order valence-electron chi connectivity index (χ2n) is 3.75. The van der Waals surface area contributed by atoms with Crippen LogP contribution < -0.4 is 16.2 Å². The van der Waals surface area contributed by atoms with E-state index in [9.17, 15) is 9.18 Å². The van der Waals surface area contributed by atoms with Crippen molar-refractivity contribution in [1.29, 1.82) is 0 Å². The molecule has 1 aromatic carbocycles. The van der Waals surface area contributed by atoms with Gasteiger partial charge in [-0.2, -0.15) is 9.61 Å². The summed E-state index contributed by atoms with van der Waals surface area (Å²) in [6.07, 6.45) is 0. The lowest BCUT2D eigenvalue weighted by Gasteiger charge is -2.07. The Morgan fingerprint density at radius 1 is 1.32 bits per heavy atom. The van der Waals surface area contributed by atoms with Gasteiger partial charge in [-0.25, -0.2) is 14.3 Å². The number of anilines is 1. The Morgan fingerprint density at radius 2 is 2.16 bits per heavy atom. The van der Waals surface area contributed by atoms with E-state index >= 15 is 0 Å². The molecule has 0 saturated carbocycles. The molecule has 0 bridgehead atoms. The van der Waals surface area contributed by atoms with Gasteiger partial charge in [0.05, 0.1) is 5.69 Å². The summed E-state index contributed by atoms with van der Waals surface area (Å²) in [6, 6.07) is 6.82. The third-order valence-corrected chi connectivity index (χ3v) is 2.44. The van der Waals surface area contributed by atoms with Gasteiger partial charge in [0.2, 0.25) is 5.88 Å². The van der Waals surface area contributed by atoms with E-state index in [0.29, 0.717) is 5.65 Å². The molecule has 8 heteroatoms. The van der Waals surface area contributed by atoms with Crippen LogP contribution in [0.2, 0.25) is 0 Å². The van der Waals surface area contributed by atoms with Gasteiger partial charge in [-0.15, -0.1) is 5.10 Å². The highest BCUT2D eigenvalue weighted by atomic mass is 19.1. The Morgan fingerprint density at radius 3 is 2.95 bits per heavy atom. The molecule has 0 radical (unpaired) electrons. The lowest BCUT2D eigenvalue weighted by atomic mass is 10.3. The number of ether oxygens (including phenoxy) is 1. The minimum atomic E-state index is -0.479. The molecule has 0 aliphatic rings. The molecule has 3 N–H and O–H groups in total. The monoisotopic (exact) mass is 261 g/mol. The minimum Gasteiger partial charge on any atom is -0.435 e. The summed E-state index contributed by atoms with van der Waals surface area (Å²) in [4.78, 5) is 11.3. The van der Waals surface area contributed by atoms with Crippen LogP contribution in [0.3, 0.4) is 0 Å². The molecule has 0 fully saturated rings. The molecule has 3 rings (SSSR count). The summed E-state index contributed by atoms with van der Waals surface area (Å²) in [5, 5.41) is 9.91. The number of nitrogen functional groups attached to an aromatic ring is 1. The maximum absolute atomic E-state index is 12.9. The maximum Gasteiger partial charge on any atom is 0.364 e. The zero-order valence-corrected chi connectivity index (χ0v) is 9.50. The van der Waals surface area contributed by atoms with E-state index < -0.39 is 11.5 Å². The summed E-state index contributed by atoms with van der Waals surface area (Å²) in [6.45, 7) is 0. The number of nitrogens with one attached hydrogen (secondary N) is 1. The first kappa shape index (κ1) is 11.2. The third kappa shape index (κ3) is 1.99. The summed E-state index contributed by atoms with van der Waals surface area (Å²) in [5.41, 5.74) is 5.64. The Kier molecular flexibility index (Phi) is 2.41. The first-order valence-corrected chi connectivity index (χ1v) is 5.31. The molecule has 7 nitrogen and oxygen atoms in total. The first-order valence-electron chi connectivity index (χ1n) is 5.31. The standard InChI is InChI=1S/C11H8FN5O2/c12-6-1-2-8(7(13)5-6)19-10-4-3-9-14-15-11(18)17(9)16-10/h1-5H,13H2,(H,15,18). The maximum atomic E-state index is 12.9. The number of rotatable bonds is 2. The fraction of sp³-hybridized carbons (Fsp3) is 0. The van der Waals surface area contributed by atoms with E-state index in [1.807, 2.05) is 0 Å². The SMILES string of the molecule is Nc1cc(F)ccc1Oc1ccc2n[nH]c(=O)n2n1. The fourth-order valence-electron chi connectivity index (χ4n) is 1.57. The van der Waals surface area contributed by atoms with Crippen LogP contribution in [0.15, 0.2) is 35.1 Å². The van der Waals surface area contributed by atoms with Crippen molar-refractivity contribution < 1.29 is 9.13 Å². The quantitative estimate of drug-likeness (QED) is 0.669. The first-order chi connectivity index (χ1) is 9.13. The lowest BCUT2D eigenvalue weighted by Crippen LogP contribution is -2.12. The lowest BCUT2D eigenvalue weighted by molar-refractivity contribution is 0.452. The van der Waals surface area contributed by atoms with E-state index in [0.717, 1.165) is 10.6 Å². The average Bonchev–Trinajstić information content (AvgIpc) is 2.75. The number of hydrogen-bond donors (Lipinski definition) is 2. The summed E-state index contributed by atoms with van der Waals surface area (Å²) in [7, 11) is 0. The van der Waals surface area contributed by atoms with Gasteiger partial charge >= 0.3 is 5.69 Å². The molecule has 2 aromatic heterocycles. The van der Waals surface area contributed by atoms with Crippen molar-refractivity contribution in [1.82, 2.24) is 19.8 Å². The van der Waals surface area contributed by atoms with E-state index in [1.165, 1.54) is 18.2 Å². The number of nitrogens with zero attached hydrogens (tertiary/aromatic N) is 3. The number of halogens is 1. The van der Waals surface area contributed by atoms with E-state index in [-0.39, 0.29) is 17.3 Å². The zero-order valence-electron chi connectivity index (χ0n) is 9.50. The van der Waals surface area contributed by atoms with Crippen molar-refractivity contribution in [2.75, 3.05) is 5.73 Å². The number of aromatic nitrogens is 4. The van der Waals surface area contributed by atoms with Crippen LogP contribution in [-0.4, -0.2) is 19.8 Å². The van der Waals surface area contributed by atoms with Gasteiger partial charge in [-0.3, -0.25) is 0 Å². The largest absolute Gasteiger partial charge is 0.435 e. The van der Waals surface area contributed by atoms with E-state index in [4.69, 9.17) is 10.5 Å². The smallest absolute Gasteiger partial charge is 0.364 e. The van der Waals surface area contributed by atoms with E-state index in [2.05, 4.69) is 15.3 Å². The Labute approximate surface area is 105 Å². The molecule has 19 heavy (non-hydrogen) atoms. The zero-order chi connectivity index (χ0) is 13.4. The normalized spacial score (nSPS) is 10.8. The molecular formula is C11H8FN5O2. The van der Waals surface area contributed by atoms with Gasteiger partial charge in [-0.1, -0.05) is 0 Å². The average molecular weight is 261 g/mol. The van der Waals surface area contributed by atoms with Crippen molar-refractivity contribution in [3.63, 3.8) is 0 Å². The molecule has 2 heterocycles. The van der Waals surface area contributed by atoms with Gasteiger partial charge in [0.1, 0.15) is 5.82 Å². The van der Waals surface area contributed by atoms with E-state index in [1.54, 1.807) is 6.07 Å². The van der Waals surface area contributed by atoms with Crippen molar-refractivity contribution >= 4 is 11.3 Å². The summed E-state index contributed by atoms with van der Waals surface area (Å²) < 4.78 is 19.3. The van der Waals surface area contributed by atoms with Gasteiger partial charge in [-0.05, 0) is 18.2 Å². The third-order valence-electron chi connectivity index (χ3n) is 2.44. The molecule has 0 saturated heterocycles. The summed E-state index contributed by atoms with van der Waals surface area (Å²) >= 11 is 0. The molecule has 96 valence electrons. The van der Waals surface area contributed by atoms with Crippen LogP contribution in [0.1, 0.15) is 0 Å². The number of nitrogens with two attached hydrogens (primary N) is 1. The van der Waals surface area contributed by atoms with Crippen LogP contribution in [0.4, 0.5) is 10.1 Å².